The summed E-state index contributed by atoms with van der Waals surface area (Å²) in [6.45, 7) is 3.68. The summed E-state index contributed by atoms with van der Waals surface area (Å²) < 4.78 is 15.3. The van der Waals surface area contributed by atoms with E-state index in [0.717, 1.165) is 37.1 Å². The molecule has 34 heavy (non-hydrogen) atoms. The lowest BCUT2D eigenvalue weighted by atomic mass is 10.1. The summed E-state index contributed by atoms with van der Waals surface area (Å²) in [6, 6.07) is 15.0. The molecule has 1 aromatic heterocycles. The molecule has 9 nitrogen and oxygen atoms in total. The first-order valence-electron chi connectivity index (χ1n) is 11.3. The monoisotopic (exact) mass is 463 g/mol. The van der Waals surface area contributed by atoms with Crippen LogP contribution in [-0.4, -0.2) is 34.0 Å². The number of ether oxygens (including phenoxy) is 2. The Morgan fingerprint density at radius 2 is 1.06 bits per heavy atom. The lowest BCUT2D eigenvalue weighted by Crippen LogP contribution is -2.25. The summed E-state index contributed by atoms with van der Waals surface area (Å²) in [6.07, 6.45) is 5.50. The molecule has 0 saturated heterocycles. The number of nitrogens with zero attached hydrogens (tertiary/aromatic N) is 2. The van der Waals surface area contributed by atoms with E-state index in [1.807, 2.05) is 70.1 Å². The van der Waals surface area contributed by atoms with Crippen molar-refractivity contribution in [2.24, 2.45) is 11.5 Å². The highest BCUT2D eigenvalue weighted by Crippen LogP contribution is 2.07. The van der Waals surface area contributed by atoms with Crippen LogP contribution in [0.3, 0.4) is 0 Å². The van der Waals surface area contributed by atoms with Gasteiger partial charge in [-0.05, 0) is 24.0 Å². The van der Waals surface area contributed by atoms with E-state index in [1.165, 1.54) is 0 Å². The Morgan fingerprint density at radius 3 is 1.41 bits per heavy atom. The molecule has 2 aromatic carbocycles. The zero-order valence-corrected chi connectivity index (χ0v) is 19.3. The van der Waals surface area contributed by atoms with Crippen molar-refractivity contribution in [2.45, 2.75) is 39.1 Å². The largest absolute Gasteiger partial charge is 0.384 e. The molecule has 0 bridgehead atoms. The summed E-state index contributed by atoms with van der Waals surface area (Å²) in [5.74, 6) is 0.125. The number of rotatable bonds is 14. The van der Waals surface area contributed by atoms with E-state index >= 15 is 0 Å². The van der Waals surface area contributed by atoms with Gasteiger partial charge >= 0.3 is 0 Å². The zero-order chi connectivity index (χ0) is 24.3. The molecular weight excluding hydrogens is 430 g/mol. The van der Waals surface area contributed by atoms with Crippen LogP contribution in [0.2, 0.25) is 0 Å². The molecule has 3 aromatic rings. The first-order valence-corrected chi connectivity index (χ1v) is 11.3. The van der Waals surface area contributed by atoms with Crippen LogP contribution >= 0.6 is 0 Å². The fraction of sp³-hybridized carbons (Fsp3) is 0.320. The number of benzene rings is 2. The van der Waals surface area contributed by atoms with Gasteiger partial charge in [0.25, 0.3) is 0 Å². The fourth-order valence-electron chi connectivity index (χ4n) is 3.44. The summed E-state index contributed by atoms with van der Waals surface area (Å²) >= 11 is 0. The molecule has 0 aliphatic heterocycles. The molecule has 0 saturated carbocycles. The Balaban J connectivity index is 1.30. The normalized spacial score (nSPS) is 10.9. The molecule has 180 valence electrons. The molecular formula is C25H33N7O2. The number of nitrogens with two attached hydrogens (primary N) is 2. The van der Waals surface area contributed by atoms with Gasteiger partial charge in [0.2, 0.25) is 5.62 Å². The van der Waals surface area contributed by atoms with Crippen molar-refractivity contribution in [1.82, 2.24) is 9.13 Å². The van der Waals surface area contributed by atoms with Crippen LogP contribution in [0.5, 0.6) is 0 Å². The van der Waals surface area contributed by atoms with Crippen molar-refractivity contribution in [2.75, 3.05) is 13.2 Å². The van der Waals surface area contributed by atoms with Crippen molar-refractivity contribution in [3.05, 3.63) is 88.8 Å². The average molecular weight is 464 g/mol. The van der Waals surface area contributed by atoms with Crippen molar-refractivity contribution in [3.63, 3.8) is 0 Å². The zero-order valence-electron chi connectivity index (χ0n) is 19.3. The number of nitrogens with one attached hydrogen (secondary N) is 3. The first-order chi connectivity index (χ1) is 16.4. The van der Waals surface area contributed by atoms with Crippen molar-refractivity contribution < 1.29 is 9.47 Å². The Kier molecular flexibility index (Phi) is 9.19. The topological polar surface area (TPSA) is 152 Å². The summed E-state index contributed by atoms with van der Waals surface area (Å²) in [5, 5.41) is 23.2. The molecule has 0 aliphatic carbocycles. The lowest BCUT2D eigenvalue weighted by Gasteiger charge is -2.08. The SMILES string of the molecule is N=C(N)c1ccc(COCCCn2ccn(CCCOCc3ccc(C(=N)N)cc3)c2=N)cc1. The van der Waals surface area contributed by atoms with Gasteiger partial charge in [-0.25, -0.2) is 0 Å². The van der Waals surface area contributed by atoms with E-state index in [1.54, 1.807) is 0 Å². The van der Waals surface area contributed by atoms with Crippen molar-refractivity contribution in [3.8, 4) is 0 Å². The maximum atomic E-state index is 8.35. The van der Waals surface area contributed by atoms with Crippen LogP contribution in [0.1, 0.15) is 35.1 Å². The van der Waals surface area contributed by atoms with Crippen LogP contribution in [0, 0.1) is 16.2 Å². The molecule has 3 rings (SSSR count). The number of aryl methyl sites for hydroxylation is 2. The van der Waals surface area contributed by atoms with E-state index < -0.39 is 0 Å². The van der Waals surface area contributed by atoms with Crippen LogP contribution in [0.15, 0.2) is 60.9 Å². The van der Waals surface area contributed by atoms with Crippen LogP contribution in [0.25, 0.3) is 0 Å². The van der Waals surface area contributed by atoms with Gasteiger partial charge in [-0.2, -0.15) is 0 Å². The molecule has 0 unspecified atom stereocenters. The molecule has 0 spiro atoms. The fourth-order valence-corrected chi connectivity index (χ4v) is 3.44. The Bertz CT molecular complexity index is 1040. The summed E-state index contributed by atoms with van der Waals surface area (Å²) in [4.78, 5) is 0. The minimum absolute atomic E-state index is 0.0625. The molecule has 0 atom stereocenters. The Hall–Kier alpha value is -3.69. The second-order valence-corrected chi connectivity index (χ2v) is 8.04. The highest BCUT2D eigenvalue weighted by molar-refractivity contribution is 5.95. The third kappa shape index (κ3) is 7.43. The second-order valence-electron chi connectivity index (χ2n) is 8.04. The number of nitrogen functional groups attached to an aromatic ring is 2. The predicted octanol–water partition coefficient (Wildman–Crippen LogP) is 2.55. The standard InChI is InChI=1S/C25H33N7O2/c26-23(27)21-7-3-19(4-8-21)17-33-15-1-11-31-13-14-32(25(31)30)12-2-16-34-18-20-5-9-22(10-6-20)24(28)29/h3-10,13-14,30H,1-2,11-12,15-18H2,(H3,26,27)(H3,28,29). The minimum Gasteiger partial charge on any atom is -0.384 e. The third-order valence-electron chi connectivity index (χ3n) is 5.41. The van der Waals surface area contributed by atoms with Gasteiger partial charge < -0.3 is 30.1 Å². The highest BCUT2D eigenvalue weighted by Gasteiger charge is 2.02. The van der Waals surface area contributed by atoms with E-state index in [0.29, 0.717) is 43.2 Å². The number of imidazole rings is 1. The quantitative estimate of drug-likeness (QED) is 0.142. The van der Waals surface area contributed by atoms with E-state index in [2.05, 4.69) is 0 Å². The maximum absolute atomic E-state index is 8.35. The van der Waals surface area contributed by atoms with Crippen LogP contribution < -0.4 is 17.1 Å². The summed E-state index contributed by atoms with van der Waals surface area (Å²) in [5.41, 5.74) is 14.9. The minimum atomic E-state index is 0.0625. The van der Waals surface area contributed by atoms with E-state index in [-0.39, 0.29) is 11.7 Å². The van der Waals surface area contributed by atoms with Crippen LogP contribution in [-0.2, 0) is 35.8 Å². The smallest absolute Gasteiger partial charge is 0.202 e. The van der Waals surface area contributed by atoms with E-state index in [9.17, 15) is 0 Å². The molecule has 0 radical (unpaired) electrons. The number of aromatic nitrogens is 2. The summed E-state index contributed by atoms with van der Waals surface area (Å²) in [7, 11) is 0. The van der Waals surface area contributed by atoms with Gasteiger partial charge in [-0.3, -0.25) is 16.2 Å². The van der Waals surface area contributed by atoms with Gasteiger partial charge in [-0.1, -0.05) is 48.5 Å². The van der Waals surface area contributed by atoms with Crippen molar-refractivity contribution in [1.29, 1.82) is 16.2 Å². The molecule has 0 aliphatic rings. The van der Waals surface area contributed by atoms with Gasteiger partial charge in [0.05, 0.1) is 13.2 Å². The van der Waals surface area contributed by atoms with Crippen LogP contribution in [0.4, 0.5) is 0 Å². The van der Waals surface area contributed by atoms with Gasteiger partial charge in [0.15, 0.2) is 0 Å². The third-order valence-corrected chi connectivity index (χ3v) is 5.41. The lowest BCUT2D eigenvalue weighted by molar-refractivity contribution is 0.114. The number of amidine groups is 2. The number of hydrogen-bond donors (Lipinski definition) is 5. The first kappa shape index (κ1) is 24.9. The second kappa shape index (κ2) is 12.5. The molecule has 7 N–H and O–H groups in total. The van der Waals surface area contributed by atoms with Gasteiger partial charge in [-0.15, -0.1) is 0 Å². The average Bonchev–Trinajstić information content (AvgIpc) is 3.18. The highest BCUT2D eigenvalue weighted by atomic mass is 16.5. The molecule has 0 fully saturated rings. The Labute approximate surface area is 199 Å². The molecule has 0 amide bonds. The molecule has 1 heterocycles. The number of hydrogen-bond acceptors (Lipinski definition) is 5. The van der Waals surface area contributed by atoms with Gasteiger partial charge in [0.1, 0.15) is 11.7 Å². The van der Waals surface area contributed by atoms with Crippen molar-refractivity contribution >= 4 is 11.7 Å². The van der Waals surface area contributed by atoms with Gasteiger partial charge in [0, 0.05) is 49.8 Å². The Morgan fingerprint density at radius 1 is 0.676 bits per heavy atom. The van der Waals surface area contributed by atoms with E-state index in [4.69, 9.17) is 37.2 Å². The maximum Gasteiger partial charge on any atom is 0.202 e. The predicted molar refractivity (Wildman–Crippen MR) is 132 cm³/mol. The molecule has 9 heteroatoms.